The first-order valence-electron chi connectivity index (χ1n) is 8.16. The molecule has 0 aromatic rings. The van der Waals surface area contributed by atoms with E-state index in [4.69, 9.17) is 0 Å². The summed E-state index contributed by atoms with van der Waals surface area (Å²) in [5.74, 6) is 0.263. The molecular weight excluding hydrogens is 252 g/mol. The second-order valence-electron chi connectivity index (χ2n) is 7.00. The van der Waals surface area contributed by atoms with Crippen LogP contribution in [0.25, 0.3) is 0 Å². The minimum absolute atomic E-state index is 0.0180. The van der Waals surface area contributed by atoms with Gasteiger partial charge in [0.15, 0.2) is 0 Å². The van der Waals surface area contributed by atoms with Crippen molar-refractivity contribution in [1.82, 2.24) is 10.2 Å². The number of rotatable bonds is 3. The van der Waals surface area contributed by atoms with Crippen LogP contribution in [-0.4, -0.2) is 47.2 Å². The van der Waals surface area contributed by atoms with Crippen LogP contribution in [0.15, 0.2) is 0 Å². The van der Waals surface area contributed by atoms with E-state index in [9.17, 15) is 9.90 Å². The maximum atomic E-state index is 12.6. The number of hydrogen-bond donors (Lipinski definition) is 2. The van der Waals surface area contributed by atoms with Crippen LogP contribution in [0.5, 0.6) is 0 Å². The lowest BCUT2D eigenvalue weighted by molar-refractivity contribution is -0.133. The van der Waals surface area contributed by atoms with Gasteiger partial charge in [-0.3, -0.25) is 4.79 Å². The third kappa shape index (κ3) is 3.95. The number of carbonyl (C=O) groups is 1. The lowest BCUT2D eigenvalue weighted by Gasteiger charge is -2.38. The maximum Gasteiger partial charge on any atom is 0.224 e. The van der Waals surface area contributed by atoms with Gasteiger partial charge in [-0.15, -0.1) is 0 Å². The van der Waals surface area contributed by atoms with Gasteiger partial charge >= 0.3 is 0 Å². The predicted molar refractivity (Wildman–Crippen MR) is 80.5 cm³/mol. The maximum absolute atomic E-state index is 12.6. The first-order valence-corrected chi connectivity index (χ1v) is 8.16. The lowest BCUT2D eigenvalue weighted by atomic mass is 9.79. The molecule has 4 heteroatoms. The van der Waals surface area contributed by atoms with Crippen LogP contribution >= 0.6 is 0 Å². The molecule has 2 N–H and O–H groups in total. The van der Waals surface area contributed by atoms with E-state index in [1.807, 2.05) is 18.9 Å². The van der Waals surface area contributed by atoms with Crippen LogP contribution in [0.3, 0.4) is 0 Å². The number of amides is 1. The molecule has 0 bridgehead atoms. The van der Waals surface area contributed by atoms with Crippen LogP contribution in [0.2, 0.25) is 0 Å². The monoisotopic (exact) mass is 282 g/mol. The van der Waals surface area contributed by atoms with Gasteiger partial charge in [-0.25, -0.2) is 0 Å². The second kappa shape index (κ2) is 6.44. The minimum Gasteiger partial charge on any atom is -0.390 e. The molecule has 2 aliphatic rings. The summed E-state index contributed by atoms with van der Waals surface area (Å²) in [4.78, 5) is 14.6. The Morgan fingerprint density at radius 3 is 2.45 bits per heavy atom. The van der Waals surface area contributed by atoms with Gasteiger partial charge < -0.3 is 15.3 Å². The summed E-state index contributed by atoms with van der Waals surface area (Å²) in [5.41, 5.74) is -0.579. The average molecular weight is 282 g/mol. The number of carbonyl (C=O) groups excluding carboxylic acids is 1. The Kier molecular flexibility index (Phi) is 5.08. The highest BCUT2D eigenvalue weighted by Gasteiger charge is 2.35. The van der Waals surface area contributed by atoms with Gasteiger partial charge in [0.1, 0.15) is 0 Å². The van der Waals surface area contributed by atoms with Crippen LogP contribution in [0, 0.1) is 0 Å². The third-order valence-corrected chi connectivity index (χ3v) is 5.25. The fraction of sp³-hybridized carbons (Fsp3) is 0.938. The number of likely N-dealkylation sites (tertiary alicyclic amines) is 1. The Labute approximate surface area is 122 Å². The van der Waals surface area contributed by atoms with Gasteiger partial charge in [-0.05, 0) is 46.1 Å². The first-order chi connectivity index (χ1) is 9.46. The highest BCUT2D eigenvalue weighted by atomic mass is 16.3. The van der Waals surface area contributed by atoms with Crippen LogP contribution < -0.4 is 5.32 Å². The SMILES string of the molecule is CNC1(CC(=O)N2CCCC(C)(O)CC2)CCCCC1. The molecular formula is C16H30N2O2. The number of aliphatic hydroxyl groups is 1. The van der Waals surface area contributed by atoms with E-state index >= 15 is 0 Å². The minimum atomic E-state index is -0.597. The summed E-state index contributed by atoms with van der Waals surface area (Å²) in [6.07, 6.45) is 8.99. The summed E-state index contributed by atoms with van der Waals surface area (Å²) < 4.78 is 0. The summed E-state index contributed by atoms with van der Waals surface area (Å²) in [6, 6.07) is 0. The van der Waals surface area contributed by atoms with Crippen molar-refractivity contribution >= 4 is 5.91 Å². The molecule has 0 aromatic heterocycles. The smallest absolute Gasteiger partial charge is 0.224 e. The zero-order chi connectivity index (χ0) is 14.6. The Hall–Kier alpha value is -0.610. The summed E-state index contributed by atoms with van der Waals surface area (Å²) >= 11 is 0. The highest BCUT2D eigenvalue weighted by Crippen LogP contribution is 2.32. The summed E-state index contributed by atoms with van der Waals surface area (Å²) in [7, 11) is 1.99. The number of nitrogens with zero attached hydrogens (tertiary/aromatic N) is 1. The molecule has 0 aromatic carbocycles. The van der Waals surface area contributed by atoms with Crippen molar-refractivity contribution in [1.29, 1.82) is 0 Å². The van der Waals surface area contributed by atoms with E-state index in [-0.39, 0.29) is 11.4 Å². The molecule has 116 valence electrons. The van der Waals surface area contributed by atoms with Gasteiger partial charge in [-0.1, -0.05) is 19.3 Å². The van der Waals surface area contributed by atoms with Crippen LogP contribution in [-0.2, 0) is 4.79 Å². The Morgan fingerprint density at radius 1 is 1.10 bits per heavy atom. The molecule has 0 spiro atoms. The van der Waals surface area contributed by atoms with Gasteiger partial charge in [0, 0.05) is 25.0 Å². The Balaban J connectivity index is 1.93. The fourth-order valence-corrected chi connectivity index (χ4v) is 3.66. The Morgan fingerprint density at radius 2 is 1.80 bits per heavy atom. The number of hydrogen-bond acceptors (Lipinski definition) is 3. The lowest BCUT2D eigenvalue weighted by Crippen LogP contribution is -2.49. The molecule has 1 saturated heterocycles. The molecule has 1 heterocycles. The van der Waals surface area contributed by atoms with E-state index in [1.165, 1.54) is 19.3 Å². The zero-order valence-electron chi connectivity index (χ0n) is 13.1. The number of nitrogens with one attached hydrogen (secondary N) is 1. The molecule has 0 radical (unpaired) electrons. The van der Waals surface area contributed by atoms with E-state index in [0.29, 0.717) is 19.4 Å². The largest absolute Gasteiger partial charge is 0.390 e. The fourth-order valence-electron chi connectivity index (χ4n) is 3.66. The van der Waals surface area contributed by atoms with Crippen LogP contribution in [0.4, 0.5) is 0 Å². The van der Waals surface area contributed by atoms with Crippen LogP contribution in [0.1, 0.15) is 64.7 Å². The average Bonchev–Trinajstić information content (AvgIpc) is 2.61. The topological polar surface area (TPSA) is 52.6 Å². The molecule has 2 fully saturated rings. The summed E-state index contributed by atoms with van der Waals surface area (Å²) in [6.45, 7) is 3.39. The first kappa shape index (κ1) is 15.8. The molecule has 2 rings (SSSR count). The Bertz CT molecular complexity index is 335. The molecule has 1 unspecified atom stereocenters. The van der Waals surface area contributed by atoms with Crippen molar-refractivity contribution < 1.29 is 9.90 Å². The molecule has 1 aliphatic carbocycles. The van der Waals surface area contributed by atoms with E-state index in [1.54, 1.807) is 0 Å². The molecule has 1 atom stereocenters. The van der Waals surface area contributed by atoms with E-state index in [2.05, 4.69) is 5.32 Å². The van der Waals surface area contributed by atoms with Crippen molar-refractivity contribution in [2.75, 3.05) is 20.1 Å². The molecule has 1 amide bonds. The van der Waals surface area contributed by atoms with Gasteiger partial charge in [0.2, 0.25) is 5.91 Å². The third-order valence-electron chi connectivity index (χ3n) is 5.25. The van der Waals surface area contributed by atoms with E-state index in [0.717, 1.165) is 32.2 Å². The highest BCUT2D eigenvalue weighted by molar-refractivity contribution is 5.77. The van der Waals surface area contributed by atoms with Crippen molar-refractivity contribution in [3.05, 3.63) is 0 Å². The van der Waals surface area contributed by atoms with E-state index < -0.39 is 5.60 Å². The zero-order valence-corrected chi connectivity index (χ0v) is 13.1. The molecule has 1 aliphatic heterocycles. The standard InChI is InChI=1S/C16H30N2O2/c1-15(20)7-6-11-18(12-10-15)14(19)13-16(17-2)8-4-3-5-9-16/h17,20H,3-13H2,1-2H3. The van der Waals surface area contributed by atoms with Gasteiger partial charge in [0.25, 0.3) is 0 Å². The molecule has 20 heavy (non-hydrogen) atoms. The van der Waals surface area contributed by atoms with Gasteiger partial charge in [0.05, 0.1) is 5.60 Å². The summed E-state index contributed by atoms with van der Waals surface area (Å²) in [5, 5.41) is 13.5. The van der Waals surface area contributed by atoms with Crippen molar-refractivity contribution in [2.24, 2.45) is 0 Å². The van der Waals surface area contributed by atoms with Crippen molar-refractivity contribution in [2.45, 2.75) is 75.9 Å². The second-order valence-corrected chi connectivity index (χ2v) is 7.00. The quantitative estimate of drug-likeness (QED) is 0.833. The van der Waals surface area contributed by atoms with Crippen molar-refractivity contribution in [3.63, 3.8) is 0 Å². The normalized spacial score (nSPS) is 30.9. The molecule has 1 saturated carbocycles. The van der Waals surface area contributed by atoms with Crippen molar-refractivity contribution in [3.8, 4) is 0 Å². The predicted octanol–water partition coefficient (Wildman–Crippen LogP) is 2.06. The molecule has 4 nitrogen and oxygen atoms in total. The van der Waals surface area contributed by atoms with Gasteiger partial charge in [-0.2, -0.15) is 0 Å².